The van der Waals surface area contributed by atoms with E-state index in [1.54, 1.807) is 0 Å². The number of amides is 1. The minimum atomic E-state index is -4.71. The van der Waals surface area contributed by atoms with E-state index in [0.29, 0.717) is 10.1 Å². The van der Waals surface area contributed by atoms with Crippen molar-refractivity contribution in [2.45, 2.75) is 30.6 Å². The van der Waals surface area contributed by atoms with Gasteiger partial charge in [-0.15, -0.1) is 0 Å². The zero-order valence-electron chi connectivity index (χ0n) is 15.5. The normalized spacial score (nSPS) is 13.2. The number of carbonyl (C=O) groups excluding carboxylic acids is 1. The summed E-state index contributed by atoms with van der Waals surface area (Å²) in [4.78, 5) is 11.6. The Morgan fingerprint density at radius 2 is 1.76 bits per heavy atom. The lowest BCUT2D eigenvalue weighted by atomic mass is 10.1. The Hall–Kier alpha value is -2.63. The summed E-state index contributed by atoms with van der Waals surface area (Å²) in [5.41, 5.74) is -0.0296. The summed E-state index contributed by atoms with van der Waals surface area (Å²) in [6.07, 6.45) is -4.71. The third-order valence-electron chi connectivity index (χ3n) is 4.24. The molecular weight excluding hydrogens is 413 g/mol. The molecule has 0 fully saturated rings. The van der Waals surface area contributed by atoms with Gasteiger partial charge >= 0.3 is 6.18 Å². The quantitative estimate of drug-likeness (QED) is 0.518. The Morgan fingerprint density at radius 1 is 1.17 bits per heavy atom. The average Bonchev–Trinajstić information content (AvgIpc) is 2.70. The van der Waals surface area contributed by atoms with Crippen LogP contribution in [0.4, 0.5) is 13.2 Å². The number of benzene rings is 2. The zero-order chi connectivity index (χ0) is 21.8. The van der Waals surface area contributed by atoms with Gasteiger partial charge in [0.15, 0.2) is 0 Å². The molecular formula is C18H19F3N2O5S. The lowest BCUT2D eigenvalue weighted by Crippen LogP contribution is -2.47. The maximum absolute atomic E-state index is 13.3. The first-order valence-electron chi connectivity index (χ1n) is 8.27. The first-order chi connectivity index (χ1) is 13.5. The predicted molar refractivity (Wildman–Crippen MR) is 96.6 cm³/mol. The molecule has 0 aliphatic carbocycles. The topological polar surface area (TPSA) is 95.9 Å². The van der Waals surface area contributed by atoms with Crippen LogP contribution in [0.25, 0.3) is 0 Å². The molecule has 2 N–H and O–H groups in total. The lowest BCUT2D eigenvalue weighted by Gasteiger charge is -2.28. The van der Waals surface area contributed by atoms with Crippen molar-refractivity contribution in [2.75, 3.05) is 7.11 Å². The van der Waals surface area contributed by atoms with E-state index in [1.807, 2.05) is 0 Å². The van der Waals surface area contributed by atoms with Gasteiger partial charge in [-0.05, 0) is 42.8 Å². The highest BCUT2D eigenvalue weighted by Crippen LogP contribution is 2.33. The van der Waals surface area contributed by atoms with Crippen LogP contribution in [0.3, 0.4) is 0 Å². The second kappa shape index (κ2) is 8.80. The van der Waals surface area contributed by atoms with Gasteiger partial charge in [0.1, 0.15) is 11.8 Å². The number of alkyl halides is 3. The SMILES string of the molecule is COc1ccc(S(=O)(=O)N(Cc2ccccc2C(F)(F)F)[C@H](C)C(=O)NO)cc1. The number of halogens is 3. The molecule has 11 heteroatoms. The molecule has 2 rings (SSSR count). The lowest BCUT2D eigenvalue weighted by molar-refractivity contribution is -0.138. The molecule has 158 valence electrons. The van der Waals surface area contributed by atoms with Crippen LogP contribution in [0.1, 0.15) is 18.1 Å². The molecule has 0 aliphatic rings. The van der Waals surface area contributed by atoms with E-state index in [1.165, 1.54) is 49.0 Å². The van der Waals surface area contributed by atoms with E-state index in [0.717, 1.165) is 19.1 Å². The largest absolute Gasteiger partial charge is 0.497 e. The van der Waals surface area contributed by atoms with Crippen molar-refractivity contribution in [3.8, 4) is 5.75 Å². The number of nitrogens with zero attached hydrogens (tertiary/aromatic N) is 1. The first kappa shape index (κ1) is 22.7. The summed E-state index contributed by atoms with van der Waals surface area (Å²) in [6, 6.07) is 8.12. The van der Waals surface area contributed by atoms with Crippen molar-refractivity contribution in [3.05, 3.63) is 59.7 Å². The van der Waals surface area contributed by atoms with Crippen LogP contribution in [0.15, 0.2) is 53.4 Å². The smallest absolute Gasteiger partial charge is 0.416 e. The van der Waals surface area contributed by atoms with E-state index in [-0.39, 0.29) is 10.5 Å². The molecule has 0 saturated heterocycles. The third kappa shape index (κ3) is 5.05. The van der Waals surface area contributed by atoms with E-state index in [2.05, 4.69) is 0 Å². The number of methoxy groups -OCH3 is 1. The zero-order valence-corrected chi connectivity index (χ0v) is 16.3. The fourth-order valence-electron chi connectivity index (χ4n) is 2.64. The van der Waals surface area contributed by atoms with Crippen LogP contribution in [0.5, 0.6) is 5.75 Å². The molecule has 1 amide bonds. The number of sulfonamides is 1. The number of nitrogens with one attached hydrogen (secondary N) is 1. The molecule has 1 atom stereocenters. The van der Waals surface area contributed by atoms with Gasteiger partial charge in [-0.3, -0.25) is 10.0 Å². The minimum absolute atomic E-state index is 0.250. The molecule has 0 saturated carbocycles. The second-order valence-electron chi connectivity index (χ2n) is 6.03. The summed E-state index contributed by atoms with van der Waals surface area (Å²) in [5, 5.41) is 8.89. The maximum atomic E-state index is 13.3. The molecule has 0 unspecified atom stereocenters. The molecule has 0 heterocycles. The average molecular weight is 432 g/mol. The molecule has 2 aromatic rings. The molecule has 7 nitrogen and oxygen atoms in total. The Balaban J connectivity index is 2.55. The van der Waals surface area contributed by atoms with Gasteiger partial charge in [-0.1, -0.05) is 18.2 Å². The number of ether oxygens (including phenoxy) is 1. The highest BCUT2D eigenvalue weighted by Gasteiger charge is 2.37. The maximum Gasteiger partial charge on any atom is 0.416 e. The minimum Gasteiger partial charge on any atom is -0.497 e. The molecule has 0 aliphatic heterocycles. The van der Waals surface area contributed by atoms with Crippen molar-refractivity contribution < 1.29 is 36.3 Å². The van der Waals surface area contributed by atoms with Crippen LogP contribution >= 0.6 is 0 Å². The number of hydroxylamine groups is 1. The standard InChI is InChI=1S/C18H19F3N2O5S/c1-12(17(24)22-25)23(11-13-5-3-4-6-16(13)18(19,20)21)29(26,27)15-9-7-14(28-2)8-10-15/h3-10,12,25H,11H2,1-2H3,(H,22,24)/t12-/m1/s1. The van der Waals surface area contributed by atoms with Gasteiger partial charge in [0.25, 0.3) is 5.91 Å². The van der Waals surface area contributed by atoms with E-state index < -0.39 is 40.3 Å². The number of rotatable bonds is 7. The van der Waals surface area contributed by atoms with Crippen molar-refractivity contribution in [2.24, 2.45) is 0 Å². The Kier molecular flexibility index (Phi) is 6.88. The molecule has 0 bridgehead atoms. The van der Waals surface area contributed by atoms with Crippen molar-refractivity contribution in [1.82, 2.24) is 9.79 Å². The monoisotopic (exact) mass is 432 g/mol. The fourth-order valence-corrected chi connectivity index (χ4v) is 4.21. The molecule has 0 radical (unpaired) electrons. The number of hydrogen-bond acceptors (Lipinski definition) is 5. The summed E-state index contributed by atoms with van der Waals surface area (Å²) in [6.45, 7) is 0.418. The Morgan fingerprint density at radius 3 is 2.28 bits per heavy atom. The molecule has 2 aromatic carbocycles. The molecule has 0 aromatic heterocycles. The highest BCUT2D eigenvalue weighted by atomic mass is 32.2. The van der Waals surface area contributed by atoms with E-state index in [9.17, 15) is 26.4 Å². The van der Waals surface area contributed by atoms with Crippen molar-refractivity contribution >= 4 is 15.9 Å². The van der Waals surface area contributed by atoms with E-state index >= 15 is 0 Å². The van der Waals surface area contributed by atoms with Crippen LogP contribution in [0, 0.1) is 0 Å². The van der Waals surface area contributed by atoms with Gasteiger partial charge < -0.3 is 4.74 Å². The fraction of sp³-hybridized carbons (Fsp3) is 0.278. The van der Waals surface area contributed by atoms with Crippen LogP contribution < -0.4 is 10.2 Å². The van der Waals surface area contributed by atoms with Gasteiger partial charge in [-0.25, -0.2) is 13.9 Å². The van der Waals surface area contributed by atoms with E-state index in [4.69, 9.17) is 9.94 Å². The Labute approximate surface area is 165 Å². The van der Waals surface area contributed by atoms with Gasteiger partial charge in [0.2, 0.25) is 10.0 Å². The summed E-state index contributed by atoms with van der Waals surface area (Å²) >= 11 is 0. The summed E-state index contributed by atoms with van der Waals surface area (Å²) < 4.78 is 71.7. The second-order valence-corrected chi connectivity index (χ2v) is 7.92. The Bertz CT molecular complexity index is 962. The number of hydrogen-bond donors (Lipinski definition) is 2. The highest BCUT2D eigenvalue weighted by molar-refractivity contribution is 7.89. The van der Waals surface area contributed by atoms with Gasteiger partial charge in [0, 0.05) is 6.54 Å². The van der Waals surface area contributed by atoms with Crippen LogP contribution in [-0.2, 0) is 27.5 Å². The summed E-state index contributed by atoms with van der Waals surface area (Å²) in [7, 11) is -3.02. The number of carbonyl (C=O) groups is 1. The molecule has 29 heavy (non-hydrogen) atoms. The predicted octanol–water partition coefficient (Wildman–Crippen LogP) is 2.80. The van der Waals surface area contributed by atoms with Crippen LogP contribution in [0.2, 0.25) is 0 Å². The summed E-state index contributed by atoms with van der Waals surface area (Å²) in [5.74, 6) is -0.717. The molecule has 0 spiro atoms. The first-order valence-corrected chi connectivity index (χ1v) is 9.71. The van der Waals surface area contributed by atoms with Crippen molar-refractivity contribution in [1.29, 1.82) is 0 Å². The third-order valence-corrected chi connectivity index (χ3v) is 6.17. The van der Waals surface area contributed by atoms with Crippen molar-refractivity contribution in [3.63, 3.8) is 0 Å². The van der Waals surface area contributed by atoms with Gasteiger partial charge in [0.05, 0.1) is 17.6 Å². The van der Waals surface area contributed by atoms with Crippen LogP contribution in [-0.4, -0.2) is 37.0 Å². The van der Waals surface area contributed by atoms with Gasteiger partial charge in [-0.2, -0.15) is 17.5 Å².